The van der Waals surface area contributed by atoms with E-state index in [0.29, 0.717) is 44.0 Å². The van der Waals surface area contributed by atoms with Crippen LogP contribution in [0.3, 0.4) is 0 Å². The number of nitrogens with zero attached hydrogens (tertiary/aromatic N) is 1. The Labute approximate surface area is 152 Å². The second-order valence-corrected chi connectivity index (χ2v) is 6.81. The molecule has 8 nitrogen and oxygen atoms in total. The van der Waals surface area contributed by atoms with Gasteiger partial charge in [0.25, 0.3) is 5.91 Å². The summed E-state index contributed by atoms with van der Waals surface area (Å²) >= 11 is 0. The molecule has 2 rings (SSSR count). The molecule has 1 saturated heterocycles. The average Bonchev–Trinajstić information content (AvgIpc) is 2.60. The highest BCUT2D eigenvalue weighted by molar-refractivity contribution is 6.03. The summed E-state index contributed by atoms with van der Waals surface area (Å²) < 4.78 is 5.26. The normalized spacial score (nSPS) is 14.6. The van der Waals surface area contributed by atoms with Crippen molar-refractivity contribution in [1.82, 2.24) is 10.2 Å². The quantitative estimate of drug-likeness (QED) is 0.716. The van der Waals surface area contributed by atoms with Crippen molar-refractivity contribution >= 4 is 23.6 Å². The van der Waals surface area contributed by atoms with Crippen LogP contribution >= 0.6 is 0 Å². The summed E-state index contributed by atoms with van der Waals surface area (Å²) in [5.74, 6) is -1.07. The van der Waals surface area contributed by atoms with E-state index >= 15 is 0 Å². The third kappa shape index (κ3) is 5.73. The van der Waals surface area contributed by atoms with Crippen molar-refractivity contribution in [3.8, 4) is 0 Å². The van der Waals surface area contributed by atoms with Gasteiger partial charge in [-0.05, 0) is 32.4 Å². The Morgan fingerprint density at radius 1 is 1.19 bits per heavy atom. The Hall–Kier alpha value is -2.61. The van der Waals surface area contributed by atoms with Gasteiger partial charge in [0.05, 0.1) is 24.5 Å². The number of ether oxygens (including phenoxy) is 1. The third-order valence-corrected chi connectivity index (χ3v) is 4.12. The smallest absolute Gasteiger partial charge is 0.319 e. The molecule has 0 saturated carbocycles. The topological polar surface area (TPSA) is 108 Å². The minimum absolute atomic E-state index is 0.0423. The molecular formula is C18H25N3O5. The number of morpholine rings is 1. The van der Waals surface area contributed by atoms with Gasteiger partial charge in [0, 0.05) is 25.0 Å². The molecule has 1 fully saturated rings. The monoisotopic (exact) mass is 363 g/mol. The largest absolute Gasteiger partial charge is 0.481 e. The fourth-order valence-electron chi connectivity index (χ4n) is 2.66. The molecule has 3 amide bonds. The molecule has 0 bridgehead atoms. The molecule has 0 unspecified atom stereocenters. The zero-order chi connectivity index (χ0) is 19.2. The molecule has 1 aliphatic heterocycles. The van der Waals surface area contributed by atoms with E-state index in [2.05, 4.69) is 10.6 Å². The van der Waals surface area contributed by atoms with Crippen molar-refractivity contribution in [2.45, 2.75) is 32.2 Å². The number of nitrogens with one attached hydrogen (secondary N) is 2. The Balaban J connectivity index is 2.03. The number of benzene rings is 1. The first-order valence-electron chi connectivity index (χ1n) is 8.55. The molecule has 0 radical (unpaired) electrons. The van der Waals surface area contributed by atoms with Crippen LogP contribution in [0.4, 0.5) is 10.5 Å². The minimum atomic E-state index is -0.915. The Morgan fingerprint density at radius 2 is 1.85 bits per heavy atom. The lowest BCUT2D eigenvalue weighted by molar-refractivity contribution is -0.137. The molecule has 26 heavy (non-hydrogen) atoms. The SMILES string of the molecule is CC(C)(CCC(=O)O)NC(=O)Nc1ccccc1C(=O)N1CCOCC1. The van der Waals surface area contributed by atoms with Gasteiger partial charge in [0.1, 0.15) is 0 Å². The van der Waals surface area contributed by atoms with Crippen LogP contribution in [0.2, 0.25) is 0 Å². The maximum atomic E-state index is 12.7. The van der Waals surface area contributed by atoms with Crippen LogP contribution in [0.15, 0.2) is 24.3 Å². The number of hydrogen-bond acceptors (Lipinski definition) is 4. The average molecular weight is 363 g/mol. The number of carbonyl (C=O) groups is 3. The fraction of sp³-hybridized carbons (Fsp3) is 0.500. The predicted octanol–water partition coefficient (Wildman–Crippen LogP) is 1.92. The molecule has 0 atom stereocenters. The number of carboxylic acid groups (broad SMARTS) is 1. The number of para-hydroxylation sites is 1. The van der Waals surface area contributed by atoms with E-state index in [4.69, 9.17) is 9.84 Å². The number of urea groups is 1. The van der Waals surface area contributed by atoms with Crippen LogP contribution < -0.4 is 10.6 Å². The van der Waals surface area contributed by atoms with Gasteiger partial charge >= 0.3 is 12.0 Å². The molecule has 3 N–H and O–H groups in total. The minimum Gasteiger partial charge on any atom is -0.481 e. The van der Waals surface area contributed by atoms with Crippen molar-refractivity contribution in [1.29, 1.82) is 0 Å². The summed E-state index contributed by atoms with van der Waals surface area (Å²) in [7, 11) is 0. The Morgan fingerprint density at radius 3 is 2.50 bits per heavy atom. The van der Waals surface area contributed by atoms with E-state index in [-0.39, 0.29) is 12.3 Å². The van der Waals surface area contributed by atoms with Gasteiger partial charge in [-0.3, -0.25) is 9.59 Å². The van der Waals surface area contributed by atoms with E-state index in [0.717, 1.165) is 0 Å². The summed E-state index contributed by atoms with van der Waals surface area (Å²) in [6, 6.07) is 6.33. The first-order chi connectivity index (χ1) is 12.3. The summed E-state index contributed by atoms with van der Waals surface area (Å²) in [5, 5.41) is 14.2. The molecule has 1 aromatic carbocycles. The maximum absolute atomic E-state index is 12.7. The van der Waals surface area contributed by atoms with Gasteiger partial charge in [-0.2, -0.15) is 0 Å². The standard InChI is InChI=1S/C18H25N3O5/c1-18(2,8-7-15(22)23)20-17(25)19-14-6-4-3-5-13(14)16(24)21-9-11-26-12-10-21/h3-6H,7-12H2,1-2H3,(H,22,23)(H2,19,20,25). The molecule has 0 spiro atoms. The lowest BCUT2D eigenvalue weighted by Gasteiger charge is -2.28. The van der Waals surface area contributed by atoms with E-state index in [1.54, 1.807) is 43.0 Å². The van der Waals surface area contributed by atoms with Crippen LogP contribution in [0.25, 0.3) is 0 Å². The second kappa shape index (κ2) is 8.66. The third-order valence-electron chi connectivity index (χ3n) is 4.12. The van der Waals surface area contributed by atoms with Gasteiger partial charge in [-0.25, -0.2) is 4.79 Å². The van der Waals surface area contributed by atoms with E-state index in [9.17, 15) is 14.4 Å². The van der Waals surface area contributed by atoms with Crippen molar-refractivity contribution in [3.05, 3.63) is 29.8 Å². The van der Waals surface area contributed by atoms with E-state index in [1.807, 2.05) is 0 Å². The van der Waals surface area contributed by atoms with Crippen molar-refractivity contribution in [2.24, 2.45) is 0 Å². The molecule has 1 heterocycles. The van der Waals surface area contributed by atoms with Crippen LogP contribution in [0.5, 0.6) is 0 Å². The lowest BCUT2D eigenvalue weighted by Crippen LogP contribution is -2.46. The zero-order valence-corrected chi connectivity index (χ0v) is 15.1. The summed E-state index contributed by atoms with van der Waals surface area (Å²) in [6.07, 6.45) is 0.253. The molecule has 1 aliphatic rings. The summed E-state index contributed by atoms with van der Waals surface area (Å²) in [6.45, 7) is 5.53. The number of hydrogen-bond donors (Lipinski definition) is 3. The molecule has 142 valence electrons. The first-order valence-corrected chi connectivity index (χ1v) is 8.55. The van der Waals surface area contributed by atoms with Crippen LogP contribution in [0, 0.1) is 0 Å². The number of rotatable bonds is 6. The number of aliphatic carboxylic acids is 1. The Kier molecular flexibility index (Phi) is 6.57. The number of carbonyl (C=O) groups excluding carboxylic acids is 2. The highest BCUT2D eigenvalue weighted by atomic mass is 16.5. The predicted molar refractivity (Wildman–Crippen MR) is 96.3 cm³/mol. The number of carboxylic acids is 1. The van der Waals surface area contributed by atoms with Crippen molar-refractivity contribution in [2.75, 3.05) is 31.6 Å². The summed E-state index contributed by atoms with van der Waals surface area (Å²) in [5.41, 5.74) is 0.134. The molecule has 0 aromatic heterocycles. The van der Waals surface area contributed by atoms with Crippen molar-refractivity contribution in [3.63, 3.8) is 0 Å². The first kappa shape index (κ1) is 19.7. The Bertz CT molecular complexity index is 669. The lowest BCUT2D eigenvalue weighted by atomic mass is 9.99. The van der Waals surface area contributed by atoms with Crippen LogP contribution in [-0.4, -0.2) is 59.8 Å². The van der Waals surface area contributed by atoms with E-state index < -0.39 is 17.5 Å². The van der Waals surface area contributed by atoms with E-state index in [1.165, 1.54) is 0 Å². The van der Waals surface area contributed by atoms with Gasteiger partial charge < -0.3 is 25.4 Å². The van der Waals surface area contributed by atoms with Gasteiger partial charge in [-0.1, -0.05) is 12.1 Å². The molecule has 0 aliphatic carbocycles. The zero-order valence-electron chi connectivity index (χ0n) is 15.1. The number of amides is 3. The van der Waals surface area contributed by atoms with Crippen LogP contribution in [-0.2, 0) is 9.53 Å². The molecule has 1 aromatic rings. The summed E-state index contributed by atoms with van der Waals surface area (Å²) in [4.78, 5) is 37.4. The van der Waals surface area contributed by atoms with Crippen molar-refractivity contribution < 1.29 is 24.2 Å². The maximum Gasteiger partial charge on any atom is 0.319 e. The molecular weight excluding hydrogens is 338 g/mol. The number of anilines is 1. The highest BCUT2D eigenvalue weighted by Gasteiger charge is 2.24. The van der Waals surface area contributed by atoms with Gasteiger partial charge in [-0.15, -0.1) is 0 Å². The highest BCUT2D eigenvalue weighted by Crippen LogP contribution is 2.19. The van der Waals surface area contributed by atoms with Gasteiger partial charge in [0.2, 0.25) is 0 Å². The van der Waals surface area contributed by atoms with Crippen LogP contribution in [0.1, 0.15) is 37.0 Å². The fourth-order valence-corrected chi connectivity index (χ4v) is 2.66. The van der Waals surface area contributed by atoms with Gasteiger partial charge in [0.15, 0.2) is 0 Å². The molecule has 8 heteroatoms. The second-order valence-electron chi connectivity index (χ2n) is 6.81.